The summed E-state index contributed by atoms with van der Waals surface area (Å²) in [5.41, 5.74) is 0.973. The van der Waals surface area contributed by atoms with E-state index in [9.17, 15) is 4.79 Å². The first-order chi connectivity index (χ1) is 14.1. The molecule has 3 aromatic rings. The van der Waals surface area contributed by atoms with Crippen LogP contribution in [-0.2, 0) is 16.1 Å². The lowest BCUT2D eigenvalue weighted by Crippen LogP contribution is -2.04. The molecule has 0 aliphatic rings. The second-order valence-corrected chi connectivity index (χ2v) is 5.63. The molecule has 0 saturated heterocycles. The number of aliphatic carboxylic acids is 1. The van der Waals surface area contributed by atoms with Crippen molar-refractivity contribution in [3.63, 3.8) is 0 Å². The number of nitriles is 1. The van der Waals surface area contributed by atoms with Crippen LogP contribution >= 0.6 is 0 Å². The van der Waals surface area contributed by atoms with E-state index in [4.69, 9.17) is 24.6 Å². The molecule has 2 aromatic carbocycles. The number of nitrogens with zero attached hydrogens (tertiary/aromatic N) is 3. The summed E-state index contributed by atoms with van der Waals surface area (Å²) in [7, 11) is 0. The molecule has 0 aliphatic carbocycles. The maximum Gasteiger partial charge on any atom is 0.370 e. The number of benzene rings is 2. The van der Waals surface area contributed by atoms with Gasteiger partial charge in [0.25, 0.3) is 0 Å². The molecule has 3 rings (SSSR count). The van der Waals surface area contributed by atoms with E-state index in [2.05, 4.69) is 16.5 Å². The van der Waals surface area contributed by atoms with E-state index in [1.165, 1.54) is 12.4 Å². The predicted molar refractivity (Wildman–Crippen MR) is 101 cm³/mol. The van der Waals surface area contributed by atoms with E-state index < -0.39 is 5.97 Å². The third kappa shape index (κ3) is 5.08. The first-order valence-corrected chi connectivity index (χ1v) is 8.36. The zero-order valence-corrected chi connectivity index (χ0v) is 15.1. The van der Waals surface area contributed by atoms with Crippen LogP contribution in [0.1, 0.15) is 11.1 Å². The van der Waals surface area contributed by atoms with Crippen LogP contribution in [0.15, 0.2) is 73.3 Å². The van der Waals surface area contributed by atoms with Crippen molar-refractivity contribution in [1.29, 1.82) is 5.26 Å². The van der Waals surface area contributed by atoms with Gasteiger partial charge in [0.2, 0.25) is 11.8 Å². The van der Waals surface area contributed by atoms with E-state index in [0.29, 0.717) is 22.6 Å². The lowest BCUT2D eigenvalue weighted by Gasteiger charge is -2.12. The largest absolute Gasteiger partial charge is 0.482 e. The summed E-state index contributed by atoms with van der Waals surface area (Å²) in [6.07, 6.45) is 1.27. The van der Waals surface area contributed by atoms with Gasteiger partial charge in [-0.2, -0.15) is 5.26 Å². The maximum atomic E-state index is 10.8. The number of hydrogen-bond acceptors (Lipinski definition) is 7. The average molecular weight is 389 g/mol. The lowest BCUT2D eigenvalue weighted by molar-refractivity contribution is -0.136. The van der Waals surface area contributed by atoms with Gasteiger partial charge in [0, 0.05) is 5.56 Å². The minimum absolute atomic E-state index is 0.0364. The van der Waals surface area contributed by atoms with Crippen molar-refractivity contribution in [3.05, 3.63) is 84.4 Å². The van der Waals surface area contributed by atoms with E-state index in [-0.39, 0.29) is 24.1 Å². The first kappa shape index (κ1) is 19.4. The Labute approximate surface area is 166 Å². The summed E-state index contributed by atoms with van der Waals surface area (Å²) in [5.74, 6) is -0.416. The number of rotatable bonds is 8. The van der Waals surface area contributed by atoms with Crippen molar-refractivity contribution in [3.8, 4) is 29.3 Å². The van der Waals surface area contributed by atoms with Crippen molar-refractivity contribution in [2.24, 2.45) is 0 Å². The summed E-state index contributed by atoms with van der Waals surface area (Å²) in [4.78, 5) is 18.9. The number of para-hydroxylation sites is 2. The molecule has 0 radical (unpaired) electrons. The van der Waals surface area contributed by atoms with Crippen LogP contribution < -0.4 is 9.47 Å². The smallest absolute Gasteiger partial charge is 0.370 e. The van der Waals surface area contributed by atoms with Gasteiger partial charge in [-0.15, -0.1) is 0 Å². The second-order valence-electron chi connectivity index (χ2n) is 5.63. The molecule has 1 aromatic heterocycles. The summed E-state index contributed by atoms with van der Waals surface area (Å²) in [5, 5.41) is 18.0. The molecular formula is C21H15N3O5. The highest BCUT2D eigenvalue weighted by Crippen LogP contribution is 2.28. The van der Waals surface area contributed by atoms with Crippen LogP contribution in [0.25, 0.3) is 0 Å². The second kappa shape index (κ2) is 9.01. The minimum Gasteiger partial charge on any atom is -0.482 e. The van der Waals surface area contributed by atoms with E-state index in [0.717, 1.165) is 0 Å². The van der Waals surface area contributed by atoms with Crippen molar-refractivity contribution in [1.82, 2.24) is 9.97 Å². The van der Waals surface area contributed by atoms with Crippen molar-refractivity contribution < 1.29 is 24.1 Å². The van der Waals surface area contributed by atoms with E-state index in [1.54, 1.807) is 48.5 Å². The molecule has 1 heterocycles. The molecule has 29 heavy (non-hydrogen) atoms. The fourth-order valence-corrected chi connectivity index (χ4v) is 2.26. The van der Waals surface area contributed by atoms with Crippen LogP contribution in [0.5, 0.6) is 23.3 Å². The number of carboxylic acids is 1. The Bertz CT molecular complexity index is 1090. The SMILES string of the molecule is C=C(OCc1ccccc1Oc1cc(Oc2ccccc2C#N)ncn1)C(=O)O. The molecule has 144 valence electrons. The Hall–Kier alpha value is -4.38. The van der Waals surface area contributed by atoms with Gasteiger partial charge in [-0.3, -0.25) is 0 Å². The lowest BCUT2D eigenvalue weighted by atomic mass is 10.2. The number of hydrogen-bond donors (Lipinski definition) is 1. The van der Waals surface area contributed by atoms with Gasteiger partial charge in [0.1, 0.15) is 30.5 Å². The number of carbonyl (C=O) groups is 1. The fourth-order valence-electron chi connectivity index (χ4n) is 2.26. The quantitative estimate of drug-likeness (QED) is 0.453. The molecule has 0 amide bonds. The molecule has 0 saturated carbocycles. The van der Waals surface area contributed by atoms with Gasteiger partial charge in [0.05, 0.1) is 11.6 Å². The Kier molecular flexibility index (Phi) is 6.02. The highest BCUT2D eigenvalue weighted by molar-refractivity contribution is 5.83. The molecule has 8 heteroatoms. The van der Waals surface area contributed by atoms with E-state index >= 15 is 0 Å². The van der Waals surface area contributed by atoms with Crippen LogP contribution in [0.3, 0.4) is 0 Å². The third-order valence-electron chi connectivity index (χ3n) is 3.67. The molecule has 0 atom stereocenters. The van der Waals surface area contributed by atoms with Crippen molar-refractivity contribution in [2.75, 3.05) is 0 Å². The Morgan fingerprint density at radius 1 is 1.03 bits per heavy atom. The third-order valence-corrected chi connectivity index (χ3v) is 3.67. The molecule has 0 spiro atoms. The van der Waals surface area contributed by atoms with Crippen LogP contribution in [0.2, 0.25) is 0 Å². The standard InChI is InChI=1S/C21H15N3O5/c1-14(21(25)26)27-12-16-7-3-5-9-18(16)29-20-10-19(23-13-24-20)28-17-8-4-2-6-15(17)11-22/h2-10,13H,1,12H2,(H,25,26). The molecular weight excluding hydrogens is 374 g/mol. The Balaban J connectivity index is 1.76. The minimum atomic E-state index is -1.24. The van der Waals surface area contributed by atoms with Gasteiger partial charge in [-0.1, -0.05) is 30.3 Å². The monoisotopic (exact) mass is 389 g/mol. The zero-order valence-electron chi connectivity index (χ0n) is 15.1. The predicted octanol–water partition coefficient (Wildman–Crippen LogP) is 4.05. The average Bonchev–Trinajstić information content (AvgIpc) is 2.73. The highest BCUT2D eigenvalue weighted by atomic mass is 16.5. The molecule has 0 bridgehead atoms. The normalized spacial score (nSPS) is 9.90. The zero-order chi connectivity index (χ0) is 20.6. The maximum absolute atomic E-state index is 10.8. The van der Waals surface area contributed by atoms with Gasteiger partial charge < -0.3 is 19.3 Å². The molecule has 1 N–H and O–H groups in total. The molecule has 0 unspecified atom stereocenters. The number of carboxylic acid groups (broad SMARTS) is 1. The Morgan fingerprint density at radius 3 is 2.34 bits per heavy atom. The summed E-state index contributed by atoms with van der Waals surface area (Å²) >= 11 is 0. The van der Waals surface area contributed by atoms with Crippen LogP contribution in [0, 0.1) is 11.3 Å². The topological polar surface area (TPSA) is 115 Å². The Morgan fingerprint density at radius 2 is 1.66 bits per heavy atom. The van der Waals surface area contributed by atoms with E-state index in [1.807, 2.05) is 6.07 Å². The van der Waals surface area contributed by atoms with Gasteiger partial charge in [0.15, 0.2) is 5.76 Å². The summed E-state index contributed by atoms with van der Waals surface area (Å²) in [6.45, 7) is 3.29. The van der Waals surface area contributed by atoms with Crippen LogP contribution in [-0.4, -0.2) is 21.0 Å². The molecule has 8 nitrogen and oxygen atoms in total. The molecule has 0 fully saturated rings. The van der Waals surface area contributed by atoms with Crippen molar-refractivity contribution in [2.45, 2.75) is 6.61 Å². The number of aromatic nitrogens is 2. The van der Waals surface area contributed by atoms with Gasteiger partial charge >= 0.3 is 5.97 Å². The molecule has 0 aliphatic heterocycles. The van der Waals surface area contributed by atoms with Crippen LogP contribution in [0.4, 0.5) is 0 Å². The van der Waals surface area contributed by atoms with Crippen molar-refractivity contribution >= 4 is 5.97 Å². The summed E-state index contributed by atoms with van der Waals surface area (Å²) in [6, 6.07) is 17.2. The fraction of sp³-hybridized carbons (Fsp3) is 0.0476. The first-order valence-electron chi connectivity index (χ1n) is 8.36. The van der Waals surface area contributed by atoms with Gasteiger partial charge in [-0.05, 0) is 24.8 Å². The number of ether oxygens (including phenoxy) is 3. The van der Waals surface area contributed by atoms with Gasteiger partial charge in [-0.25, -0.2) is 14.8 Å². The summed E-state index contributed by atoms with van der Waals surface area (Å²) < 4.78 is 16.6. The highest BCUT2D eigenvalue weighted by Gasteiger charge is 2.11.